The van der Waals surface area contributed by atoms with E-state index >= 15 is 0 Å². The minimum atomic E-state index is 0. The van der Waals surface area contributed by atoms with E-state index in [1.54, 1.807) is 6.20 Å². The molecule has 5 heteroatoms. The molecule has 0 unspecified atom stereocenters. The number of nitrogens with zero attached hydrogens (tertiary/aromatic N) is 3. The molecule has 0 bridgehead atoms. The van der Waals surface area contributed by atoms with Crippen molar-refractivity contribution in [2.24, 2.45) is 0 Å². The number of benzene rings is 4. The van der Waals surface area contributed by atoms with E-state index in [1.165, 1.54) is 22.1 Å². The average Bonchev–Trinajstić information content (AvgIpc) is 3.46. The second-order valence-corrected chi connectivity index (χ2v) is 10.9. The first-order valence-corrected chi connectivity index (χ1v) is 14.6. The van der Waals surface area contributed by atoms with Crippen LogP contribution in [0.2, 0.25) is 0 Å². The number of aryl methyl sites for hydroxylation is 3. The molecule has 8 rings (SSSR count). The van der Waals surface area contributed by atoms with E-state index in [4.69, 9.17) is 4.42 Å². The zero-order valence-corrected chi connectivity index (χ0v) is 27.5. The molecule has 4 nitrogen and oxygen atoms in total. The number of furan rings is 1. The van der Waals surface area contributed by atoms with E-state index in [-0.39, 0.29) is 20.1 Å². The summed E-state index contributed by atoms with van der Waals surface area (Å²) in [5, 5.41) is 4.46. The summed E-state index contributed by atoms with van der Waals surface area (Å²) in [6.07, 6.45) is 7.44. The van der Waals surface area contributed by atoms with Crippen LogP contribution in [-0.2, 0) is 20.1 Å². The SMILES string of the molecule is Cc1c[c-]c(-c2ccc(C)cn2)cc1.Cc1ccc2ccncc2c1-c1cccc2c1oc1c(-c3ccccn3)[c-]ccc12.[Ir]. The Bertz CT molecular complexity index is 2200. The number of hydrogen-bond donors (Lipinski definition) is 0. The number of aromatic nitrogens is 3. The van der Waals surface area contributed by atoms with Crippen LogP contribution in [0.25, 0.3) is 66.4 Å². The van der Waals surface area contributed by atoms with Gasteiger partial charge in [0, 0.05) is 61.2 Å². The van der Waals surface area contributed by atoms with Gasteiger partial charge in [0.2, 0.25) is 0 Å². The van der Waals surface area contributed by atoms with Gasteiger partial charge < -0.3 is 14.4 Å². The van der Waals surface area contributed by atoms with Gasteiger partial charge in [0.15, 0.2) is 0 Å². The van der Waals surface area contributed by atoms with Crippen molar-refractivity contribution in [3.63, 3.8) is 0 Å². The fourth-order valence-electron chi connectivity index (χ4n) is 5.58. The van der Waals surface area contributed by atoms with Crippen molar-refractivity contribution in [3.8, 4) is 33.6 Å². The van der Waals surface area contributed by atoms with Crippen LogP contribution in [-0.4, -0.2) is 15.0 Å². The van der Waals surface area contributed by atoms with Crippen molar-refractivity contribution in [2.45, 2.75) is 20.8 Å². The number of fused-ring (bicyclic) bond motifs is 4. The predicted molar refractivity (Wildman–Crippen MR) is 179 cm³/mol. The first-order chi connectivity index (χ1) is 21.6. The molecule has 0 spiro atoms. The molecule has 4 aromatic heterocycles. The van der Waals surface area contributed by atoms with Crippen LogP contribution in [0.5, 0.6) is 0 Å². The average molecular weight is 760 g/mol. The van der Waals surface area contributed by atoms with Crippen molar-refractivity contribution in [1.29, 1.82) is 0 Å². The number of para-hydroxylation sites is 1. The minimum Gasteiger partial charge on any atom is -0.500 e. The van der Waals surface area contributed by atoms with Gasteiger partial charge in [-0.25, -0.2) is 0 Å². The van der Waals surface area contributed by atoms with Crippen LogP contribution < -0.4 is 0 Å². The fraction of sp³-hybridized carbons (Fsp3) is 0.0750. The third-order valence-corrected chi connectivity index (χ3v) is 7.84. The van der Waals surface area contributed by atoms with Gasteiger partial charge in [0.05, 0.1) is 5.58 Å². The Morgan fingerprint density at radius 3 is 2.27 bits per heavy atom. The maximum absolute atomic E-state index is 6.54. The van der Waals surface area contributed by atoms with Gasteiger partial charge in [-0.05, 0) is 59.4 Å². The Hall–Kier alpha value is -4.96. The standard InChI is InChI=1S/C27H17N2O.C13H12N.Ir/c1-17-11-12-18-13-15-28-16-23(18)25(17)22-9-5-7-20-19-6-4-8-21(26(19)30-27(20)22)24-10-2-3-14-29-24;1-10-3-6-12(7-4-10)13-8-5-11(2)9-14-13;/h2-7,9-16H,1H3;3-6,8-9H,1-2H3;/q2*-1;. The maximum Gasteiger partial charge on any atom is 0.128 e. The van der Waals surface area contributed by atoms with E-state index in [1.807, 2.05) is 74.0 Å². The van der Waals surface area contributed by atoms with Gasteiger partial charge in [0.25, 0.3) is 0 Å². The molecule has 0 fully saturated rings. The molecule has 221 valence electrons. The topological polar surface area (TPSA) is 51.8 Å². The van der Waals surface area contributed by atoms with Crippen molar-refractivity contribution in [3.05, 3.63) is 151 Å². The zero-order valence-electron chi connectivity index (χ0n) is 25.1. The van der Waals surface area contributed by atoms with Gasteiger partial charge in [-0.15, -0.1) is 53.6 Å². The van der Waals surface area contributed by atoms with Gasteiger partial charge in [-0.3, -0.25) is 4.98 Å². The summed E-state index contributed by atoms with van der Waals surface area (Å²) in [6.45, 7) is 6.23. The van der Waals surface area contributed by atoms with E-state index in [0.717, 1.165) is 61.0 Å². The quantitative estimate of drug-likeness (QED) is 0.168. The van der Waals surface area contributed by atoms with Crippen molar-refractivity contribution < 1.29 is 24.5 Å². The summed E-state index contributed by atoms with van der Waals surface area (Å²) < 4.78 is 6.54. The summed E-state index contributed by atoms with van der Waals surface area (Å²) in [6, 6.07) is 39.3. The summed E-state index contributed by atoms with van der Waals surface area (Å²) in [5.41, 5.74) is 11.3. The van der Waals surface area contributed by atoms with E-state index < -0.39 is 0 Å². The Kier molecular flexibility index (Phi) is 8.66. The molecule has 1 radical (unpaired) electrons. The Labute approximate surface area is 276 Å². The van der Waals surface area contributed by atoms with Gasteiger partial charge >= 0.3 is 0 Å². The molecule has 0 N–H and O–H groups in total. The third-order valence-electron chi connectivity index (χ3n) is 7.84. The summed E-state index contributed by atoms with van der Waals surface area (Å²) >= 11 is 0. The molecule has 0 atom stereocenters. The molecule has 4 heterocycles. The monoisotopic (exact) mass is 760 g/mol. The Morgan fingerprint density at radius 2 is 1.49 bits per heavy atom. The number of pyridine rings is 3. The Balaban J connectivity index is 0.000000201. The molecule has 0 saturated heterocycles. The van der Waals surface area contributed by atoms with Gasteiger partial charge in [-0.2, -0.15) is 0 Å². The molecule has 0 saturated carbocycles. The molecule has 0 amide bonds. The first-order valence-electron chi connectivity index (χ1n) is 14.6. The second kappa shape index (κ2) is 13.0. The molecule has 0 aliphatic rings. The minimum absolute atomic E-state index is 0. The van der Waals surface area contributed by atoms with Gasteiger partial charge in [-0.1, -0.05) is 72.5 Å². The van der Waals surface area contributed by atoms with Crippen LogP contribution >= 0.6 is 0 Å². The first kappa shape index (κ1) is 30.1. The van der Waals surface area contributed by atoms with Crippen LogP contribution in [0.3, 0.4) is 0 Å². The van der Waals surface area contributed by atoms with Crippen LogP contribution in [0, 0.1) is 32.9 Å². The van der Waals surface area contributed by atoms with Crippen LogP contribution in [0.1, 0.15) is 16.7 Å². The van der Waals surface area contributed by atoms with E-state index in [2.05, 4.69) is 89.5 Å². The van der Waals surface area contributed by atoms with Crippen LogP contribution in [0.4, 0.5) is 0 Å². The normalized spacial score (nSPS) is 10.8. The van der Waals surface area contributed by atoms with Crippen molar-refractivity contribution in [1.82, 2.24) is 15.0 Å². The van der Waals surface area contributed by atoms with Crippen molar-refractivity contribution >= 4 is 32.7 Å². The smallest absolute Gasteiger partial charge is 0.128 e. The van der Waals surface area contributed by atoms with E-state index in [0.29, 0.717) is 0 Å². The zero-order chi connectivity index (χ0) is 30.0. The summed E-state index contributed by atoms with van der Waals surface area (Å²) in [4.78, 5) is 13.2. The molecular formula is C40H29IrN3O-2. The van der Waals surface area contributed by atoms with Crippen LogP contribution in [0.15, 0.2) is 126 Å². The summed E-state index contributed by atoms with van der Waals surface area (Å²) in [7, 11) is 0. The van der Waals surface area contributed by atoms with Gasteiger partial charge in [0.1, 0.15) is 5.58 Å². The number of hydrogen-bond acceptors (Lipinski definition) is 4. The maximum atomic E-state index is 6.54. The molecule has 4 aromatic carbocycles. The molecular weight excluding hydrogens is 731 g/mol. The third kappa shape index (κ3) is 5.93. The fourth-order valence-corrected chi connectivity index (χ4v) is 5.58. The number of rotatable bonds is 3. The van der Waals surface area contributed by atoms with Crippen molar-refractivity contribution in [2.75, 3.05) is 0 Å². The Morgan fingerprint density at radius 1 is 0.622 bits per heavy atom. The molecule has 0 aliphatic carbocycles. The molecule has 45 heavy (non-hydrogen) atoms. The largest absolute Gasteiger partial charge is 0.500 e. The van der Waals surface area contributed by atoms with E-state index in [9.17, 15) is 0 Å². The summed E-state index contributed by atoms with van der Waals surface area (Å²) in [5.74, 6) is 0. The molecule has 0 aliphatic heterocycles. The predicted octanol–water partition coefficient (Wildman–Crippen LogP) is 10.1. The molecule has 8 aromatic rings. The second-order valence-electron chi connectivity index (χ2n) is 10.9.